The standard InChI is InChI=1S/C18H23NO2/c20-16(15-12-18(15)6-8-19-9-7-18)3-1-13-2-4-17-14(11-13)5-10-21-17/h2,4,11,15,19H,1,3,5-10,12H2. The lowest BCUT2D eigenvalue weighted by atomic mass is 9.89. The minimum absolute atomic E-state index is 0.359. The van der Waals surface area contributed by atoms with Gasteiger partial charge in [-0.25, -0.2) is 0 Å². The van der Waals surface area contributed by atoms with Crippen molar-refractivity contribution in [3.05, 3.63) is 29.3 Å². The van der Waals surface area contributed by atoms with Gasteiger partial charge in [-0.1, -0.05) is 12.1 Å². The molecule has 2 fully saturated rings. The Labute approximate surface area is 126 Å². The van der Waals surface area contributed by atoms with Crippen molar-refractivity contribution in [3.8, 4) is 5.75 Å². The maximum atomic E-state index is 12.4. The second-order valence-electron chi connectivity index (χ2n) is 6.88. The Morgan fingerprint density at radius 3 is 3.05 bits per heavy atom. The molecule has 4 rings (SSSR count). The van der Waals surface area contributed by atoms with E-state index in [4.69, 9.17) is 4.74 Å². The van der Waals surface area contributed by atoms with Crippen LogP contribution in [0.4, 0.5) is 0 Å². The fourth-order valence-electron chi connectivity index (χ4n) is 4.12. The number of rotatable bonds is 4. The van der Waals surface area contributed by atoms with Gasteiger partial charge in [0, 0.05) is 18.8 Å². The molecular formula is C18H23NO2. The Hall–Kier alpha value is -1.35. The van der Waals surface area contributed by atoms with E-state index in [1.54, 1.807) is 0 Å². The van der Waals surface area contributed by atoms with E-state index >= 15 is 0 Å². The zero-order valence-electron chi connectivity index (χ0n) is 12.5. The summed E-state index contributed by atoms with van der Waals surface area (Å²) in [6.45, 7) is 2.99. The highest BCUT2D eigenvalue weighted by molar-refractivity contribution is 5.85. The lowest BCUT2D eigenvalue weighted by molar-refractivity contribution is -0.121. The number of ether oxygens (including phenoxy) is 1. The number of fused-ring (bicyclic) bond motifs is 1. The van der Waals surface area contributed by atoms with E-state index in [0.717, 1.165) is 44.7 Å². The first kappa shape index (κ1) is 13.3. The summed E-state index contributed by atoms with van der Waals surface area (Å²) >= 11 is 0. The van der Waals surface area contributed by atoms with Gasteiger partial charge < -0.3 is 10.1 Å². The van der Waals surface area contributed by atoms with Crippen LogP contribution in [0.1, 0.15) is 36.8 Å². The van der Waals surface area contributed by atoms with E-state index in [0.29, 0.717) is 23.5 Å². The molecule has 0 radical (unpaired) electrons. The third-order valence-electron chi connectivity index (χ3n) is 5.59. The lowest BCUT2D eigenvalue weighted by Crippen LogP contribution is -2.30. The second-order valence-corrected chi connectivity index (χ2v) is 6.88. The summed E-state index contributed by atoms with van der Waals surface area (Å²) in [5, 5.41) is 3.40. The molecule has 0 amide bonds. The fourth-order valence-corrected chi connectivity index (χ4v) is 4.12. The SMILES string of the molecule is O=C(CCc1ccc2c(c1)CCO2)C1CC12CCNCC2. The predicted octanol–water partition coefficient (Wildman–Crippen LogP) is 2.51. The van der Waals surface area contributed by atoms with Gasteiger partial charge in [0.2, 0.25) is 0 Å². The monoisotopic (exact) mass is 285 g/mol. The van der Waals surface area contributed by atoms with E-state index < -0.39 is 0 Å². The lowest BCUT2D eigenvalue weighted by Gasteiger charge is -2.23. The van der Waals surface area contributed by atoms with Gasteiger partial charge in [-0.3, -0.25) is 4.79 Å². The first-order chi connectivity index (χ1) is 10.3. The van der Waals surface area contributed by atoms with E-state index in [-0.39, 0.29) is 0 Å². The van der Waals surface area contributed by atoms with Crippen molar-refractivity contribution in [2.75, 3.05) is 19.7 Å². The Kier molecular flexibility index (Phi) is 3.26. The summed E-state index contributed by atoms with van der Waals surface area (Å²) in [5.41, 5.74) is 2.97. The molecule has 1 aromatic carbocycles. The molecule has 1 unspecified atom stereocenters. The van der Waals surface area contributed by atoms with Crippen LogP contribution >= 0.6 is 0 Å². The van der Waals surface area contributed by atoms with Crippen molar-refractivity contribution in [1.82, 2.24) is 5.32 Å². The number of hydrogen-bond acceptors (Lipinski definition) is 3. The van der Waals surface area contributed by atoms with Crippen LogP contribution in [0.3, 0.4) is 0 Å². The number of carbonyl (C=O) groups excluding carboxylic acids is 1. The number of Topliss-reactive ketones (excluding diaryl/α,β-unsaturated/α-hetero) is 1. The van der Waals surface area contributed by atoms with Gasteiger partial charge >= 0.3 is 0 Å². The van der Waals surface area contributed by atoms with Gasteiger partial charge in [-0.2, -0.15) is 0 Å². The molecule has 0 aromatic heterocycles. The number of aryl methyl sites for hydroxylation is 1. The Bertz CT molecular complexity index is 560. The van der Waals surface area contributed by atoms with Crippen LogP contribution in [-0.2, 0) is 17.6 Å². The predicted molar refractivity (Wildman–Crippen MR) is 81.6 cm³/mol. The molecule has 1 saturated heterocycles. The van der Waals surface area contributed by atoms with Gasteiger partial charge in [0.05, 0.1) is 6.61 Å². The molecule has 1 N–H and O–H groups in total. The maximum Gasteiger partial charge on any atom is 0.136 e. The summed E-state index contributed by atoms with van der Waals surface area (Å²) in [6, 6.07) is 6.40. The van der Waals surface area contributed by atoms with Crippen LogP contribution in [0.15, 0.2) is 18.2 Å². The summed E-state index contributed by atoms with van der Waals surface area (Å²) in [7, 11) is 0. The average Bonchev–Trinajstić information content (AvgIpc) is 2.99. The molecule has 1 aliphatic carbocycles. The molecule has 112 valence electrons. The Morgan fingerprint density at radius 1 is 1.33 bits per heavy atom. The van der Waals surface area contributed by atoms with Crippen molar-refractivity contribution in [2.24, 2.45) is 11.3 Å². The molecule has 0 bridgehead atoms. The molecule has 3 heteroatoms. The van der Waals surface area contributed by atoms with Crippen LogP contribution in [0.5, 0.6) is 5.75 Å². The smallest absolute Gasteiger partial charge is 0.136 e. The Balaban J connectivity index is 1.34. The van der Waals surface area contributed by atoms with Crippen molar-refractivity contribution in [1.29, 1.82) is 0 Å². The summed E-state index contributed by atoms with van der Waals surface area (Å²) in [5.74, 6) is 1.88. The molecule has 3 aliphatic rings. The highest BCUT2D eigenvalue weighted by Crippen LogP contribution is 2.59. The first-order valence-corrected chi connectivity index (χ1v) is 8.25. The minimum Gasteiger partial charge on any atom is -0.493 e. The molecule has 2 heterocycles. The topological polar surface area (TPSA) is 38.3 Å². The first-order valence-electron chi connectivity index (χ1n) is 8.25. The van der Waals surface area contributed by atoms with Gasteiger partial charge in [0.15, 0.2) is 0 Å². The van der Waals surface area contributed by atoms with Crippen LogP contribution in [-0.4, -0.2) is 25.5 Å². The molecule has 3 nitrogen and oxygen atoms in total. The highest BCUT2D eigenvalue weighted by Gasteiger charge is 2.56. The molecule has 1 aromatic rings. The summed E-state index contributed by atoms with van der Waals surface area (Å²) in [4.78, 5) is 12.4. The normalized spacial score (nSPS) is 25.4. The minimum atomic E-state index is 0.359. The Morgan fingerprint density at radius 2 is 2.19 bits per heavy atom. The number of carbonyl (C=O) groups is 1. The van der Waals surface area contributed by atoms with E-state index in [1.165, 1.54) is 24.0 Å². The zero-order valence-corrected chi connectivity index (χ0v) is 12.5. The molecule has 1 saturated carbocycles. The maximum absolute atomic E-state index is 12.4. The third-order valence-corrected chi connectivity index (χ3v) is 5.59. The number of benzene rings is 1. The summed E-state index contributed by atoms with van der Waals surface area (Å²) < 4.78 is 5.53. The van der Waals surface area contributed by atoms with Crippen molar-refractivity contribution >= 4 is 5.78 Å². The van der Waals surface area contributed by atoms with Crippen molar-refractivity contribution in [3.63, 3.8) is 0 Å². The average molecular weight is 285 g/mol. The van der Waals surface area contributed by atoms with Crippen molar-refractivity contribution < 1.29 is 9.53 Å². The highest BCUT2D eigenvalue weighted by atomic mass is 16.5. The third kappa shape index (κ3) is 2.48. The van der Waals surface area contributed by atoms with E-state index in [9.17, 15) is 4.79 Å². The zero-order chi connectivity index (χ0) is 14.3. The van der Waals surface area contributed by atoms with Crippen LogP contribution < -0.4 is 10.1 Å². The van der Waals surface area contributed by atoms with Crippen LogP contribution in [0.2, 0.25) is 0 Å². The fraction of sp³-hybridized carbons (Fsp3) is 0.611. The number of hydrogen-bond donors (Lipinski definition) is 1. The molecule has 1 spiro atoms. The van der Waals surface area contributed by atoms with Crippen molar-refractivity contribution in [2.45, 2.75) is 38.5 Å². The molecule has 2 aliphatic heterocycles. The number of piperidine rings is 1. The van der Waals surface area contributed by atoms with Gasteiger partial charge in [0.25, 0.3) is 0 Å². The largest absolute Gasteiger partial charge is 0.493 e. The quantitative estimate of drug-likeness (QED) is 0.924. The molecule has 21 heavy (non-hydrogen) atoms. The number of ketones is 1. The summed E-state index contributed by atoms with van der Waals surface area (Å²) in [6.07, 6.45) is 6.14. The van der Waals surface area contributed by atoms with Gasteiger partial charge in [-0.15, -0.1) is 0 Å². The van der Waals surface area contributed by atoms with E-state index in [2.05, 4.69) is 23.5 Å². The molecular weight excluding hydrogens is 262 g/mol. The van der Waals surface area contributed by atoms with E-state index in [1.807, 2.05) is 0 Å². The van der Waals surface area contributed by atoms with Gasteiger partial charge in [-0.05, 0) is 61.4 Å². The van der Waals surface area contributed by atoms with Crippen LogP contribution in [0, 0.1) is 11.3 Å². The second kappa shape index (κ2) is 5.13. The van der Waals surface area contributed by atoms with Crippen LogP contribution in [0.25, 0.3) is 0 Å². The molecule has 1 atom stereocenters. The number of nitrogens with one attached hydrogen (secondary N) is 1. The van der Waals surface area contributed by atoms with Gasteiger partial charge in [0.1, 0.15) is 11.5 Å².